The molecule has 0 radical (unpaired) electrons. The predicted octanol–water partition coefficient (Wildman–Crippen LogP) is 6.40. The molecule has 2 aromatic rings. The van der Waals surface area contributed by atoms with Crippen molar-refractivity contribution in [3.05, 3.63) is 60.2 Å². The number of hydrogen-bond donors (Lipinski definition) is 1. The Kier molecular flexibility index (Phi) is 6.66. The lowest BCUT2D eigenvalue weighted by Gasteiger charge is -2.21. The van der Waals surface area contributed by atoms with Crippen LogP contribution in [0.2, 0.25) is 0 Å². The summed E-state index contributed by atoms with van der Waals surface area (Å²) in [4.78, 5) is 1.42. The maximum absolute atomic E-state index is 3.63. The van der Waals surface area contributed by atoms with E-state index in [0.717, 1.165) is 18.2 Å². The van der Waals surface area contributed by atoms with E-state index in [9.17, 15) is 0 Å². The Morgan fingerprint density at radius 3 is 2.58 bits per heavy atom. The van der Waals surface area contributed by atoms with E-state index in [1.807, 2.05) is 0 Å². The van der Waals surface area contributed by atoms with Crippen LogP contribution in [0, 0.1) is 5.92 Å². The zero-order valence-electron chi connectivity index (χ0n) is 14.7. The first-order chi connectivity index (χ1) is 11.8. The second-order valence-electron chi connectivity index (χ2n) is 7.08. The van der Waals surface area contributed by atoms with E-state index in [1.165, 1.54) is 48.3 Å². The fraction of sp³-hybridized carbons (Fsp3) is 0.455. The third-order valence-corrected chi connectivity index (χ3v) is 6.10. The summed E-state index contributed by atoms with van der Waals surface area (Å²) in [7, 11) is 0. The lowest BCUT2D eigenvalue weighted by Crippen LogP contribution is -2.13. The van der Waals surface area contributed by atoms with Crippen LogP contribution in [0.25, 0.3) is 0 Å². The molecule has 0 saturated heterocycles. The largest absolute Gasteiger partial charge is 0.385 e. The molecule has 1 aliphatic rings. The monoisotopic (exact) mass is 339 g/mol. The van der Waals surface area contributed by atoms with Crippen LogP contribution in [0.5, 0.6) is 0 Å². The third-order valence-electron chi connectivity index (χ3n) is 4.77. The van der Waals surface area contributed by atoms with Crippen molar-refractivity contribution >= 4 is 17.4 Å². The highest BCUT2D eigenvalue weighted by Crippen LogP contribution is 2.34. The predicted molar refractivity (Wildman–Crippen MR) is 107 cm³/mol. The normalized spacial score (nSPS) is 16.7. The molecule has 0 bridgehead atoms. The maximum Gasteiger partial charge on any atom is 0.0351 e. The molecule has 24 heavy (non-hydrogen) atoms. The summed E-state index contributed by atoms with van der Waals surface area (Å²) >= 11 is 2.08. The van der Waals surface area contributed by atoms with Gasteiger partial charge in [0.05, 0.1) is 0 Å². The molecule has 1 aliphatic carbocycles. The SMILES string of the molecule is CC(CNc1cccc(SC2CCCCC2)c1)Cc1ccccc1. The Morgan fingerprint density at radius 2 is 1.79 bits per heavy atom. The van der Waals surface area contributed by atoms with Crippen molar-refractivity contribution in [3.8, 4) is 0 Å². The molecule has 1 fully saturated rings. The minimum atomic E-state index is 0.627. The van der Waals surface area contributed by atoms with Crippen molar-refractivity contribution in [2.75, 3.05) is 11.9 Å². The summed E-state index contributed by atoms with van der Waals surface area (Å²) in [6.45, 7) is 3.34. The van der Waals surface area contributed by atoms with Gasteiger partial charge >= 0.3 is 0 Å². The number of anilines is 1. The van der Waals surface area contributed by atoms with E-state index in [-0.39, 0.29) is 0 Å². The first kappa shape index (κ1) is 17.4. The zero-order chi connectivity index (χ0) is 16.6. The van der Waals surface area contributed by atoms with E-state index >= 15 is 0 Å². The van der Waals surface area contributed by atoms with Crippen molar-refractivity contribution in [2.24, 2.45) is 5.92 Å². The van der Waals surface area contributed by atoms with Crippen LogP contribution >= 0.6 is 11.8 Å². The molecule has 0 spiro atoms. The minimum Gasteiger partial charge on any atom is -0.385 e. The molecule has 0 amide bonds. The quantitative estimate of drug-likeness (QED) is 0.626. The smallest absolute Gasteiger partial charge is 0.0351 e. The van der Waals surface area contributed by atoms with E-state index in [4.69, 9.17) is 0 Å². The van der Waals surface area contributed by atoms with Crippen molar-refractivity contribution in [3.63, 3.8) is 0 Å². The van der Waals surface area contributed by atoms with Gasteiger partial charge in [-0.25, -0.2) is 0 Å². The van der Waals surface area contributed by atoms with E-state index in [1.54, 1.807) is 0 Å². The van der Waals surface area contributed by atoms with Crippen molar-refractivity contribution in [1.29, 1.82) is 0 Å². The summed E-state index contributed by atoms with van der Waals surface area (Å²) in [5.74, 6) is 0.627. The van der Waals surface area contributed by atoms with Gasteiger partial charge in [-0.2, -0.15) is 0 Å². The molecule has 0 heterocycles. The number of thioether (sulfide) groups is 1. The summed E-state index contributed by atoms with van der Waals surface area (Å²) in [5.41, 5.74) is 2.68. The third kappa shape index (κ3) is 5.59. The van der Waals surface area contributed by atoms with Gasteiger partial charge in [0.15, 0.2) is 0 Å². The number of nitrogens with one attached hydrogen (secondary N) is 1. The standard InChI is InChI=1S/C22H29NS/c1-18(15-19-9-4-2-5-10-19)17-23-20-11-8-14-22(16-20)24-21-12-6-3-7-13-21/h2,4-5,8-11,14,16,18,21,23H,3,6-7,12-13,15,17H2,1H3. The Bertz CT molecular complexity index is 604. The summed E-state index contributed by atoms with van der Waals surface area (Å²) < 4.78 is 0. The molecular formula is C22H29NS. The van der Waals surface area contributed by atoms with Crippen LogP contribution < -0.4 is 5.32 Å². The van der Waals surface area contributed by atoms with Gasteiger partial charge in [-0.05, 0) is 48.9 Å². The van der Waals surface area contributed by atoms with E-state index in [0.29, 0.717) is 5.92 Å². The highest BCUT2D eigenvalue weighted by molar-refractivity contribution is 8.00. The van der Waals surface area contributed by atoms with Crippen molar-refractivity contribution < 1.29 is 0 Å². The zero-order valence-corrected chi connectivity index (χ0v) is 15.5. The molecular weight excluding hydrogens is 310 g/mol. The van der Waals surface area contributed by atoms with E-state index in [2.05, 4.69) is 78.6 Å². The first-order valence-electron chi connectivity index (χ1n) is 9.34. The fourth-order valence-corrected chi connectivity index (χ4v) is 4.74. The Hall–Kier alpha value is -1.41. The second-order valence-corrected chi connectivity index (χ2v) is 8.46. The Morgan fingerprint density at radius 1 is 1.00 bits per heavy atom. The molecule has 2 heteroatoms. The van der Waals surface area contributed by atoms with Gasteiger partial charge in [0, 0.05) is 22.4 Å². The molecule has 1 nitrogen and oxygen atoms in total. The van der Waals surface area contributed by atoms with Crippen LogP contribution in [-0.2, 0) is 6.42 Å². The van der Waals surface area contributed by atoms with Gasteiger partial charge in [0.1, 0.15) is 0 Å². The van der Waals surface area contributed by atoms with Gasteiger partial charge in [0.25, 0.3) is 0 Å². The molecule has 3 rings (SSSR count). The lowest BCUT2D eigenvalue weighted by molar-refractivity contribution is 0.516. The van der Waals surface area contributed by atoms with Gasteiger partial charge in [0.2, 0.25) is 0 Å². The average Bonchev–Trinajstić information content (AvgIpc) is 2.62. The summed E-state index contributed by atoms with van der Waals surface area (Å²) in [6.07, 6.45) is 8.15. The van der Waals surface area contributed by atoms with Gasteiger partial charge in [-0.1, -0.05) is 62.6 Å². The van der Waals surface area contributed by atoms with Crippen molar-refractivity contribution in [1.82, 2.24) is 0 Å². The van der Waals surface area contributed by atoms with E-state index < -0.39 is 0 Å². The highest BCUT2D eigenvalue weighted by atomic mass is 32.2. The van der Waals surface area contributed by atoms with Crippen LogP contribution in [0.4, 0.5) is 5.69 Å². The van der Waals surface area contributed by atoms with Crippen LogP contribution in [0.15, 0.2) is 59.5 Å². The minimum absolute atomic E-state index is 0.627. The van der Waals surface area contributed by atoms with Crippen LogP contribution in [-0.4, -0.2) is 11.8 Å². The molecule has 1 unspecified atom stereocenters. The molecule has 0 aromatic heterocycles. The molecule has 128 valence electrons. The van der Waals surface area contributed by atoms with Gasteiger partial charge < -0.3 is 5.32 Å². The maximum atomic E-state index is 3.63. The first-order valence-corrected chi connectivity index (χ1v) is 10.2. The summed E-state index contributed by atoms with van der Waals surface area (Å²) in [6, 6.07) is 19.8. The Balaban J connectivity index is 1.49. The number of benzene rings is 2. The van der Waals surface area contributed by atoms with Crippen molar-refractivity contribution in [2.45, 2.75) is 55.6 Å². The molecule has 0 aliphatic heterocycles. The molecule has 1 N–H and O–H groups in total. The van der Waals surface area contributed by atoms with Crippen LogP contribution in [0.3, 0.4) is 0 Å². The molecule has 1 atom stereocenters. The number of hydrogen-bond acceptors (Lipinski definition) is 2. The molecule has 1 saturated carbocycles. The highest BCUT2D eigenvalue weighted by Gasteiger charge is 2.14. The topological polar surface area (TPSA) is 12.0 Å². The number of rotatable bonds is 7. The lowest BCUT2D eigenvalue weighted by atomic mass is 10.0. The average molecular weight is 340 g/mol. The fourth-order valence-electron chi connectivity index (χ4n) is 3.44. The van der Waals surface area contributed by atoms with Gasteiger partial charge in [-0.3, -0.25) is 0 Å². The molecule has 2 aromatic carbocycles. The Labute approximate surface area is 151 Å². The van der Waals surface area contributed by atoms with Crippen LogP contribution in [0.1, 0.15) is 44.6 Å². The van der Waals surface area contributed by atoms with Gasteiger partial charge in [-0.15, -0.1) is 11.8 Å². The second kappa shape index (κ2) is 9.17. The summed E-state index contributed by atoms with van der Waals surface area (Å²) in [5, 5.41) is 4.45.